The molecule has 2 aromatic heterocycles. The van der Waals surface area contributed by atoms with Gasteiger partial charge in [-0.05, 0) is 30.0 Å². The third-order valence-electron chi connectivity index (χ3n) is 4.00. The quantitative estimate of drug-likeness (QED) is 0.787. The number of fused-ring (bicyclic) bond motifs is 1. The van der Waals surface area contributed by atoms with Crippen LogP contribution in [-0.4, -0.2) is 32.1 Å². The molecule has 1 aliphatic carbocycles. The smallest absolute Gasteiger partial charge is 0.239 e. The van der Waals surface area contributed by atoms with Gasteiger partial charge in [0.05, 0.1) is 0 Å². The average Bonchev–Trinajstić information content (AvgIpc) is 3.01. The molecule has 5 rings (SSSR count). The normalized spacial score (nSPS) is 22.0. The van der Waals surface area contributed by atoms with Crippen molar-refractivity contribution >= 4 is 0 Å². The molecular formula is C14H11N5O3. The SMILES string of the molecule is c1n[nH]c(-c2noc([C@H]3C[C@@H]3c3ccc4c(c3)OCO4)n2)n1. The molecule has 1 aliphatic heterocycles. The Balaban J connectivity index is 1.38. The minimum absolute atomic E-state index is 0.240. The van der Waals surface area contributed by atoms with Crippen molar-refractivity contribution in [3.05, 3.63) is 36.0 Å². The number of hydrogen-bond acceptors (Lipinski definition) is 7. The Morgan fingerprint density at radius 1 is 1.14 bits per heavy atom. The molecule has 1 fully saturated rings. The van der Waals surface area contributed by atoms with Crippen LogP contribution in [0.15, 0.2) is 29.0 Å². The number of benzene rings is 1. The Labute approximate surface area is 124 Å². The monoisotopic (exact) mass is 297 g/mol. The summed E-state index contributed by atoms with van der Waals surface area (Å²) in [6, 6.07) is 6.04. The van der Waals surface area contributed by atoms with E-state index in [0.29, 0.717) is 23.5 Å². The van der Waals surface area contributed by atoms with Crippen LogP contribution in [0.4, 0.5) is 0 Å². The summed E-state index contributed by atoms with van der Waals surface area (Å²) in [5, 5.41) is 10.4. The van der Waals surface area contributed by atoms with Gasteiger partial charge in [-0.25, -0.2) is 4.98 Å². The maximum Gasteiger partial charge on any atom is 0.239 e. The van der Waals surface area contributed by atoms with Gasteiger partial charge >= 0.3 is 0 Å². The van der Waals surface area contributed by atoms with E-state index in [-0.39, 0.29) is 12.7 Å². The molecule has 8 heteroatoms. The van der Waals surface area contributed by atoms with Crippen molar-refractivity contribution in [2.24, 2.45) is 0 Å². The molecule has 3 aromatic rings. The van der Waals surface area contributed by atoms with Gasteiger partial charge < -0.3 is 14.0 Å². The molecule has 22 heavy (non-hydrogen) atoms. The highest BCUT2D eigenvalue weighted by Crippen LogP contribution is 2.55. The largest absolute Gasteiger partial charge is 0.454 e. The third-order valence-corrected chi connectivity index (χ3v) is 4.00. The van der Waals surface area contributed by atoms with Gasteiger partial charge in [-0.15, -0.1) is 0 Å². The van der Waals surface area contributed by atoms with Crippen LogP contribution in [0.5, 0.6) is 11.5 Å². The lowest BCUT2D eigenvalue weighted by Gasteiger charge is -2.00. The standard InChI is InChI=1S/C14H11N5O3/c1-2-10-11(21-6-20-10)3-7(1)8-4-9(8)14-17-13(19-22-14)12-15-5-16-18-12/h1-3,5,8-9H,4,6H2,(H,15,16,18)/t8-,9+/m1/s1. The zero-order valence-corrected chi connectivity index (χ0v) is 11.4. The van der Waals surface area contributed by atoms with Crippen molar-refractivity contribution < 1.29 is 14.0 Å². The highest BCUT2D eigenvalue weighted by atomic mass is 16.7. The van der Waals surface area contributed by atoms with Gasteiger partial charge in [0.15, 0.2) is 17.3 Å². The lowest BCUT2D eigenvalue weighted by molar-refractivity contribution is 0.174. The van der Waals surface area contributed by atoms with Gasteiger partial charge in [-0.1, -0.05) is 11.2 Å². The number of rotatable bonds is 3. The fourth-order valence-electron chi connectivity index (χ4n) is 2.78. The number of aromatic amines is 1. The summed E-state index contributed by atoms with van der Waals surface area (Å²) in [6.45, 7) is 0.289. The number of hydrogen-bond donors (Lipinski definition) is 1. The molecule has 0 bridgehead atoms. The van der Waals surface area contributed by atoms with E-state index in [1.54, 1.807) is 0 Å². The summed E-state index contributed by atoms with van der Waals surface area (Å²) in [5.74, 6) is 3.79. The van der Waals surface area contributed by atoms with E-state index in [0.717, 1.165) is 17.9 Å². The van der Waals surface area contributed by atoms with E-state index >= 15 is 0 Å². The van der Waals surface area contributed by atoms with Crippen LogP contribution in [0.3, 0.4) is 0 Å². The first-order valence-corrected chi connectivity index (χ1v) is 6.97. The van der Waals surface area contributed by atoms with Crippen molar-refractivity contribution in [2.75, 3.05) is 6.79 Å². The maximum atomic E-state index is 5.42. The molecule has 0 saturated heterocycles. The highest BCUT2D eigenvalue weighted by Gasteiger charge is 2.44. The highest BCUT2D eigenvalue weighted by molar-refractivity contribution is 5.47. The van der Waals surface area contributed by atoms with E-state index in [1.165, 1.54) is 11.9 Å². The third kappa shape index (κ3) is 1.77. The molecule has 110 valence electrons. The Morgan fingerprint density at radius 3 is 3.00 bits per heavy atom. The summed E-state index contributed by atoms with van der Waals surface area (Å²) < 4.78 is 16.1. The van der Waals surface area contributed by atoms with E-state index < -0.39 is 0 Å². The molecule has 0 amide bonds. The maximum absolute atomic E-state index is 5.42. The Hall–Kier alpha value is -2.90. The lowest BCUT2D eigenvalue weighted by atomic mass is 10.1. The molecule has 3 heterocycles. The van der Waals surface area contributed by atoms with Gasteiger partial charge in [0, 0.05) is 5.92 Å². The zero-order chi connectivity index (χ0) is 14.5. The first-order chi connectivity index (χ1) is 10.9. The van der Waals surface area contributed by atoms with E-state index in [1.807, 2.05) is 12.1 Å². The van der Waals surface area contributed by atoms with Crippen molar-refractivity contribution in [2.45, 2.75) is 18.3 Å². The van der Waals surface area contributed by atoms with Crippen molar-refractivity contribution in [3.8, 4) is 23.1 Å². The predicted octanol–water partition coefficient (Wildman–Crippen LogP) is 1.85. The minimum atomic E-state index is 0.240. The number of nitrogens with one attached hydrogen (secondary N) is 1. The second-order valence-electron chi connectivity index (χ2n) is 5.35. The molecule has 0 radical (unpaired) electrons. The van der Waals surface area contributed by atoms with E-state index in [2.05, 4.69) is 31.4 Å². The Morgan fingerprint density at radius 2 is 2.09 bits per heavy atom. The summed E-state index contributed by atoms with van der Waals surface area (Å²) in [5.41, 5.74) is 1.20. The van der Waals surface area contributed by atoms with Crippen LogP contribution in [-0.2, 0) is 0 Å². The second-order valence-corrected chi connectivity index (χ2v) is 5.35. The first kappa shape index (κ1) is 11.7. The van der Waals surface area contributed by atoms with Gasteiger partial charge in [-0.3, -0.25) is 5.10 Å². The minimum Gasteiger partial charge on any atom is -0.454 e. The fourth-order valence-corrected chi connectivity index (χ4v) is 2.78. The molecule has 0 unspecified atom stereocenters. The first-order valence-electron chi connectivity index (χ1n) is 6.97. The average molecular weight is 297 g/mol. The van der Waals surface area contributed by atoms with Crippen LogP contribution in [0.25, 0.3) is 11.6 Å². The van der Waals surface area contributed by atoms with Crippen LogP contribution in [0.1, 0.15) is 29.7 Å². The molecule has 1 saturated carbocycles. The molecule has 1 N–H and O–H groups in total. The van der Waals surface area contributed by atoms with Crippen molar-refractivity contribution in [1.82, 2.24) is 25.3 Å². The topological polar surface area (TPSA) is 99.0 Å². The van der Waals surface area contributed by atoms with Crippen LogP contribution >= 0.6 is 0 Å². The zero-order valence-electron chi connectivity index (χ0n) is 11.4. The lowest BCUT2D eigenvalue weighted by Crippen LogP contribution is -1.92. The van der Waals surface area contributed by atoms with Crippen LogP contribution < -0.4 is 9.47 Å². The fraction of sp³-hybridized carbons (Fsp3) is 0.286. The summed E-state index contributed by atoms with van der Waals surface area (Å²) in [6.07, 6.45) is 2.40. The predicted molar refractivity (Wildman–Crippen MR) is 72.3 cm³/mol. The van der Waals surface area contributed by atoms with E-state index in [4.69, 9.17) is 14.0 Å². The van der Waals surface area contributed by atoms with Crippen molar-refractivity contribution in [3.63, 3.8) is 0 Å². The molecule has 0 spiro atoms. The van der Waals surface area contributed by atoms with Gasteiger partial charge in [0.1, 0.15) is 6.33 Å². The molecule has 8 nitrogen and oxygen atoms in total. The molecular weight excluding hydrogens is 286 g/mol. The second kappa shape index (κ2) is 4.30. The summed E-state index contributed by atoms with van der Waals surface area (Å²) in [7, 11) is 0. The van der Waals surface area contributed by atoms with Crippen molar-refractivity contribution in [1.29, 1.82) is 0 Å². The number of nitrogens with zero attached hydrogens (tertiary/aromatic N) is 4. The molecule has 2 atom stereocenters. The summed E-state index contributed by atoms with van der Waals surface area (Å²) in [4.78, 5) is 8.41. The Bertz CT molecular complexity index is 829. The molecule has 1 aromatic carbocycles. The van der Waals surface area contributed by atoms with E-state index in [9.17, 15) is 0 Å². The number of H-pyrrole nitrogens is 1. The Kier molecular flexibility index (Phi) is 2.29. The van der Waals surface area contributed by atoms with Crippen LogP contribution in [0, 0.1) is 0 Å². The van der Waals surface area contributed by atoms with Gasteiger partial charge in [0.2, 0.25) is 18.5 Å². The van der Waals surface area contributed by atoms with Gasteiger partial charge in [0.25, 0.3) is 0 Å². The number of ether oxygens (including phenoxy) is 2. The van der Waals surface area contributed by atoms with Crippen LogP contribution in [0.2, 0.25) is 0 Å². The summed E-state index contributed by atoms with van der Waals surface area (Å²) >= 11 is 0. The molecule has 2 aliphatic rings. The number of aromatic nitrogens is 5. The van der Waals surface area contributed by atoms with Gasteiger partial charge in [-0.2, -0.15) is 10.1 Å².